The third-order valence-electron chi connectivity index (χ3n) is 3.50. The van der Waals surface area contributed by atoms with Gasteiger partial charge in [-0.1, -0.05) is 48.5 Å². The van der Waals surface area contributed by atoms with Crippen LogP contribution in [0.2, 0.25) is 0 Å². The summed E-state index contributed by atoms with van der Waals surface area (Å²) in [5.74, 6) is 1.28. The average molecular weight is 292 g/mol. The molecule has 0 aliphatic carbocycles. The van der Waals surface area contributed by atoms with Crippen molar-refractivity contribution in [1.82, 2.24) is 10.2 Å². The number of nitrogens with zero attached hydrogens (tertiary/aromatic N) is 2. The van der Waals surface area contributed by atoms with Crippen molar-refractivity contribution in [2.45, 2.75) is 20.3 Å². The Labute approximate surface area is 128 Å². The van der Waals surface area contributed by atoms with Crippen LogP contribution in [-0.2, 0) is 6.42 Å². The molecular weight excluding hydrogens is 276 g/mol. The Morgan fingerprint density at radius 3 is 2.05 bits per heavy atom. The van der Waals surface area contributed by atoms with Gasteiger partial charge in [-0.15, -0.1) is 10.2 Å². The molecule has 0 aliphatic rings. The first-order valence-corrected chi connectivity index (χ1v) is 7.11. The third kappa shape index (κ3) is 3.11. The number of Topliss-reactive ketones (excluding diaryl/α,β-unsaturated/α-hetero) is 1. The van der Waals surface area contributed by atoms with E-state index in [9.17, 15) is 4.79 Å². The second-order valence-electron chi connectivity index (χ2n) is 5.22. The molecule has 110 valence electrons. The summed E-state index contributed by atoms with van der Waals surface area (Å²) in [6.45, 7) is 3.35. The molecule has 0 fully saturated rings. The molecule has 0 aliphatic heterocycles. The Kier molecular flexibility index (Phi) is 3.83. The fourth-order valence-electron chi connectivity index (χ4n) is 2.30. The number of hydrogen-bond acceptors (Lipinski definition) is 4. The van der Waals surface area contributed by atoms with Gasteiger partial charge in [0.25, 0.3) is 0 Å². The number of aryl methyl sites for hydroxylation is 1. The summed E-state index contributed by atoms with van der Waals surface area (Å²) in [6.07, 6.45) is 0.629. The van der Waals surface area contributed by atoms with Crippen molar-refractivity contribution in [2.24, 2.45) is 0 Å². The highest BCUT2D eigenvalue weighted by molar-refractivity contribution is 5.94. The number of carbonyl (C=O) groups excluding carboxylic acids is 1. The first kappa shape index (κ1) is 14.2. The highest BCUT2D eigenvalue weighted by atomic mass is 16.4. The van der Waals surface area contributed by atoms with E-state index in [0.29, 0.717) is 18.2 Å². The summed E-state index contributed by atoms with van der Waals surface area (Å²) < 4.78 is 5.38. The van der Waals surface area contributed by atoms with Crippen LogP contribution in [0.15, 0.2) is 52.9 Å². The number of hydrogen-bond donors (Lipinski definition) is 0. The highest BCUT2D eigenvalue weighted by Crippen LogP contribution is 2.21. The molecule has 1 heterocycles. The van der Waals surface area contributed by atoms with Crippen molar-refractivity contribution in [3.63, 3.8) is 0 Å². The van der Waals surface area contributed by atoms with Crippen LogP contribution >= 0.6 is 0 Å². The number of benzene rings is 2. The SMILES string of the molecule is CC(=O)c1ccc(-c2ccc(Cc3nnc(C)o3)cc2)cc1. The summed E-state index contributed by atoms with van der Waals surface area (Å²) in [4.78, 5) is 11.3. The maximum Gasteiger partial charge on any atom is 0.220 e. The summed E-state index contributed by atoms with van der Waals surface area (Å²) in [5, 5.41) is 7.83. The van der Waals surface area contributed by atoms with Crippen LogP contribution in [0, 0.1) is 6.92 Å². The molecule has 0 amide bonds. The lowest BCUT2D eigenvalue weighted by Gasteiger charge is -2.04. The first-order chi connectivity index (χ1) is 10.6. The normalized spacial score (nSPS) is 10.6. The van der Waals surface area contributed by atoms with Gasteiger partial charge in [-0.2, -0.15) is 0 Å². The van der Waals surface area contributed by atoms with Crippen LogP contribution in [-0.4, -0.2) is 16.0 Å². The molecule has 0 radical (unpaired) electrons. The van der Waals surface area contributed by atoms with Crippen molar-refractivity contribution in [3.05, 3.63) is 71.4 Å². The molecule has 22 heavy (non-hydrogen) atoms. The molecule has 0 atom stereocenters. The van der Waals surface area contributed by atoms with Gasteiger partial charge >= 0.3 is 0 Å². The predicted molar refractivity (Wildman–Crippen MR) is 83.7 cm³/mol. The maximum atomic E-state index is 11.3. The molecule has 0 bridgehead atoms. The molecule has 3 rings (SSSR count). The smallest absolute Gasteiger partial charge is 0.220 e. The van der Waals surface area contributed by atoms with Gasteiger partial charge in [-0.3, -0.25) is 4.79 Å². The lowest BCUT2D eigenvalue weighted by Crippen LogP contribution is -1.91. The van der Waals surface area contributed by atoms with Gasteiger partial charge < -0.3 is 4.42 Å². The zero-order chi connectivity index (χ0) is 15.5. The molecule has 2 aromatic carbocycles. The van der Waals surface area contributed by atoms with E-state index in [2.05, 4.69) is 22.3 Å². The molecule has 0 saturated carbocycles. The minimum atomic E-state index is 0.0803. The number of ketones is 1. The molecule has 0 N–H and O–H groups in total. The van der Waals surface area contributed by atoms with Gasteiger partial charge in [0.2, 0.25) is 11.8 Å². The zero-order valence-corrected chi connectivity index (χ0v) is 12.5. The van der Waals surface area contributed by atoms with Gasteiger partial charge in [0.1, 0.15) is 0 Å². The first-order valence-electron chi connectivity index (χ1n) is 7.11. The highest BCUT2D eigenvalue weighted by Gasteiger charge is 2.05. The molecule has 0 spiro atoms. The van der Waals surface area contributed by atoms with Crippen LogP contribution < -0.4 is 0 Å². The van der Waals surface area contributed by atoms with Gasteiger partial charge in [0.05, 0.1) is 6.42 Å². The summed E-state index contributed by atoms with van der Waals surface area (Å²) >= 11 is 0. The standard InChI is InChI=1S/C18H16N2O2/c1-12(21)15-7-9-17(10-8-15)16-5-3-14(4-6-16)11-18-20-19-13(2)22-18/h3-10H,11H2,1-2H3. The van der Waals surface area contributed by atoms with E-state index in [0.717, 1.165) is 22.3 Å². The second-order valence-corrected chi connectivity index (χ2v) is 5.22. The maximum absolute atomic E-state index is 11.3. The quantitative estimate of drug-likeness (QED) is 0.686. The van der Waals surface area contributed by atoms with Crippen LogP contribution in [0.5, 0.6) is 0 Å². The molecule has 1 aromatic heterocycles. The van der Waals surface area contributed by atoms with E-state index in [1.807, 2.05) is 36.4 Å². The average Bonchev–Trinajstić information content (AvgIpc) is 2.93. The molecule has 0 unspecified atom stereocenters. The predicted octanol–water partition coefficient (Wildman–Crippen LogP) is 3.84. The number of carbonyl (C=O) groups is 1. The lowest BCUT2D eigenvalue weighted by atomic mass is 10.0. The largest absolute Gasteiger partial charge is 0.425 e. The van der Waals surface area contributed by atoms with Crippen LogP contribution in [0.4, 0.5) is 0 Å². The molecular formula is C18H16N2O2. The van der Waals surface area contributed by atoms with Crippen molar-refractivity contribution in [2.75, 3.05) is 0 Å². The molecule has 3 aromatic rings. The van der Waals surface area contributed by atoms with Crippen LogP contribution in [0.1, 0.15) is 34.6 Å². The minimum absolute atomic E-state index is 0.0803. The molecule has 4 nitrogen and oxygen atoms in total. The van der Waals surface area contributed by atoms with E-state index in [-0.39, 0.29) is 5.78 Å². The van der Waals surface area contributed by atoms with Gasteiger partial charge in [-0.25, -0.2) is 0 Å². The number of rotatable bonds is 4. The van der Waals surface area contributed by atoms with E-state index in [1.54, 1.807) is 13.8 Å². The Balaban J connectivity index is 1.77. The van der Waals surface area contributed by atoms with Crippen LogP contribution in [0.3, 0.4) is 0 Å². The Bertz CT molecular complexity index is 787. The lowest BCUT2D eigenvalue weighted by molar-refractivity contribution is 0.101. The monoisotopic (exact) mass is 292 g/mol. The summed E-state index contributed by atoms with van der Waals surface area (Å²) in [6, 6.07) is 15.9. The topological polar surface area (TPSA) is 56.0 Å². The van der Waals surface area contributed by atoms with E-state index < -0.39 is 0 Å². The van der Waals surface area contributed by atoms with Crippen molar-refractivity contribution in [3.8, 4) is 11.1 Å². The minimum Gasteiger partial charge on any atom is -0.425 e. The molecule has 0 saturated heterocycles. The van der Waals surface area contributed by atoms with Crippen molar-refractivity contribution < 1.29 is 9.21 Å². The van der Waals surface area contributed by atoms with Gasteiger partial charge in [0, 0.05) is 12.5 Å². The van der Waals surface area contributed by atoms with E-state index in [1.165, 1.54) is 0 Å². The number of aromatic nitrogens is 2. The van der Waals surface area contributed by atoms with E-state index in [4.69, 9.17) is 4.42 Å². The van der Waals surface area contributed by atoms with Crippen molar-refractivity contribution >= 4 is 5.78 Å². The van der Waals surface area contributed by atoms with Crippen LogP contribution in [0.25, 0.3) is 11.1 Å². The fraction of sp³-hybridized carbons (Fsp3) is 0.167. The fourth-order valence-corrected chi connectivity index (χ4v) is 2.30. The van der Waals surface area contributed by atoms with Gasteiger partial charge in [0.15, 0.2) is 5.78 Å². The Morgan fingerprint density at radius 2 is 1.55 bits per heavy atom. The van der Waals surface area contributed by atoms with Gasteiger partial charge in [-0.05, 0) is 23.6 Å². The molecule has 4 heteroatoms. The van der Waals surface area contributed by atoms with E-state index >= 15 is 0 Å². The van der Waals surface area contributed by atoms with Crippen molar-refractivity contribution in [1.29, 1.82) is 0 Å². The summed E-state index contributed by atoms with van der Waals surface area (Å²) in [7, 11) is 0. The Morgan fingerprint density at radius 1 is 0.955 bits per heavy atom. The summed E-state index contributed by atoms with van der Waals surface area (Å²) in [5.41, 5.74) is 4.05. The Hall–Kier alpha value is -2.75. The third-order valence-corrected chi connectivity index (χ3v) is 3.50. The zero-order valence-electron chi connectivity index (χ0n) is 12.5. The second kappa shape index (κ2) is 5.93.